The number of hydrogen-bond donors (Lipinski definition) is 4. The third-order valence-electron chi connectivity index (χ3n) is 13.4. The van der Waals surface area contributed by atoms with Crippen LogP contribution in [0.25, 0.3) is 22.3 Å². The molecule has 0 heterocycles. The summed E-state index contributed by atoms with van der Waals surface area (Å²) in [7, 11) is 0. The molecule has 0 aliphatic rings. The Balaban J connectivity index is 0.000000352. The summed E-state index contributed by atoms with van der Waals surface area (Å²) in [6.45, 7) is 10.1. The van der Waals surface area contributed by atoms with Gasteiger partial charge in [-0.1, -0.05) is 101 Å². The molecule has 0 aliphatic heterocycles. The van der Waals surface area contributed by atoms with E-state index < -0.39 is 11.9 Å². The van der Waals surface area contributed by atoms with Gasteiger partial charge in [-0.05, 0) is 159 Å². The number of benzene rings is 8. The minimum Gasteiger partial charge on any atom is -0.507 e. The molecule has 0 saturated heterocycles. The molecule has 8 rings (SSSR count). The van der Waals surface area contributed by atoms with Gasteiger partial charge >= 0.3 is 11.9 Å². The lowest BCUT2D eigenvalue weighted by atomic mass is 10.00. The fourth-order valence-electron chi connectivity index (χ4n) is 9.15. The van der Waals surface area contributed by atoms with Gasteiger partial charge in [0.05, 0.1) is 26.4 Å². The number of aromatic hydroxyl groups is 2. The number of halogens is 2. The van der Waals surface area contributed by atoms with Crippen molar-refractivity contribution in [3.63, 3.8) is 0 Å². The second kappa shape index (κ2) is 34.4. The molecule has 0 amide bonds. The van der Waals surface area contributed by atoms with Gasteiger partial charge in [0.2, 0.25) is 0 Å². The van der Waals surface area contributed by atoms with Crippen LogP contribution in [-0.4, -0.2) is 75.2 Å². The highest BCUT2D eigenvalue weighted by Crippen LogP contribution is 2.40. The van der Waals surface area contributed by atoms with Crippen molar-refractivity contribution in [2.24, 2.45) is 0 Å². The Kier molecular flexibility index (Phi) is 27.7. The molecular weight excluding hydrogens is 1090 g/mol. The van der Waals surface area contributed by atoms with E-state index in [0.29, 0.717) is 72.1 Å². The second-order valence-electron chi connectivity index (χ2n) is 19.3. The number of phenolic OH excluding ortho intramolecular Hbond substituents is 2. The second-order valence-corrected chi connectivity index (χ2v) is 19.3. The third kappa shape index (κ3) is 18.9. The Morgan fingerprint density at radius 1 is 0.400 bits per heavy atom. The molecule has 0 unspecified atom stereocenters. The summed E-state index contributed by atoms with van der Waals surface area (Å²) in [4.78, 5) is 23.2. The predicted molar refractivity (Wildman–Crippen MR) is 325 cm³/mol. The molecule has 0 aliphatic carbocycles. The smallest absolute Gasteiger partial charge is 0.339 e. The van der Waals surface area contributed by atoms with E-state index in [1.54, 1.807) is 72.8 Å². The molecule has 452 valence electrons. The summed E-state index contributed by atoms with van der Waals surface area (Å²) >= 11 is 0. The molecule has 0 radical (unpaired) electrons. The molecule has 17 heteroatoms. The first-order valence-electron chi connectivity index (χ1n) is 27.8. The standard InChI is InChI=1S/2C34H35FO6.3H2O/c2*1-3-10-26-30(13-9-14-31(26)41-32-12-6-5-11-27(32)34(37)38)39-19-7-8-20-40-33-22-29(36)28(21-23(33)4-2)24-15-17-25(35)18-16-24;;;/h2*5-6,9,11-18,21-22,36H,3-4,7-8,10,19-20H2,1-2H3,(H,37,38);3*1H2. The number of rotatable bonds is 28. The number of carboxylic acid groups (broad SMARTS) is 2. The van der Waals surface area contributed by atoms with Crippen LogP contribution in [0.3, 0.4) is 0 Å². The normalized spacial score (nSPS) is 10.4. The van der Waals surface area contributed by atoms with Gasteiger partial charge in [-0.25, -0.2) is 18.4 Å². The highest BCUT2D eigenvalue weighted by Gasteiger charge is 2.19. The lowest BCUT2D eigenvalue weighted by Gasteiger charge is -2.17. The molecular formula is C68H76F2O15. The van der Waals surface area contributed by atoms with Crippen LogP contribution in [0, 0.1) is 11.6 Å². The zero-order valence-corrected chi connectivity index (χ0v) is 48.2. The zero-order valence-electron chi connectivity index (χ0n) is 48.2. The number of ether oxygens (including phenoxy) is 6. The van der Waals surface area contributed by atoms with Crippen LogP contribution in [0.5, 0.6) is 57.5 Å². The highest BCUT2D eigenvalue weighted by molar-refractivity contribution is 5.91. The maximum absolute atomic E-state index is 13.3. The Morgan fingerprint density at radius 3 is 1.05 bits per heavy atom. The summed E-state index contributed by atoms with van der Waals surface area (Å²) in [5.74, 6) is 1.87. The maximum atomic E-state index is 13.3. The van der Waals surface area contributed by atoms with Crippen molar-refractivity contribution in [2.75, 3.05) is 26.4 Å². The molecule has 8 aromatic carbocycles. The minimum atomic E-state index is -1.04. The number of para-hydroxylation sites is 2. The number of unbranched alkanes of at least 4 members (excludes halogenated alkanes) is 2. The number of carbonyl (C=O) groups is 2. The monoisotopic (exact) mass is 1170 g/mol. The first kappa shape index (κ1) is 68.3. The lowest BCUT2D eigenvalue weighted by Crippen LogP contribution is -2.06. The predicted octanol–water partition coefficient (Wildman–Crippen LogP) is 14.4. The van der Waals surface area contributed by atoms with Crippen molar-refractivity contribution in [1.82, 2.24) is 0 Å². The van der Waals surface area contributed by atoms with Gasteiger partial charge in [0.1, 0.15) is 80.3 Å². The number of phenols is 2. The van der Waals surface area contributed by atoms with Gasteiger partial charge < -0.3 is 65.3 Å². The van der Waals surface area contributed by atoms with Crippen LogP contribution >= 0.6 is 0 Å². The molecule has 0 saturated carbocycles. The molecule has 15 nitrogen and oxygen atoms in total. The van der Waals surface area contributed by atoms with Gasteiger partial charge in [-0.2, -0.15) is 0 Å². The van der Waals surface area contributed by atoms with Gasteiger partial charge in [-0.15, -0.1) is 0 Å². The third-order valence-corrected chi connectivity index (χ3v) is 13.4. The number of carboxylic acids is 2. The van der Waals surface area contributed by atoms with E-state index in [1.807, 2.05) is 62.4 Å². The highest BCUT2D eigenvalue weighted by atomic mass is 19.1. The molecule has 8 aromatic rings. The van der Waals surface area contributed by atoms with Crippen molar-refractivity contribution < 1.29 is 83.6 Å². The van der Waals surface area contributed by atoms with E-state index >= 15 is 0 Å². The molecule has 85 heavy (non-hydrogen) atoms. The zero-order chi connectivity index (χ0) is 58.4. The largest absolute Gasteiger partial charge is 0.507 e. The van der Waals surface area contributed by atoms with E-state index in [4.69, 9.17) is 28.4 Å². The summed E-state index contributed by atoms with van der Waals surface area (Å²) in [6.07, 6.45) is 7.63. The first-order chi connectivity index (χ1) is 39.8. The first-order valence-corrected chi connectivity index (χ1v) is 27.8. The van der Waals surface area contributed by atoms with Crippen molar-refractivity contribution in [2.45, 2.75) is 91.9 Å². The lowest BCUT2D eigenvalue weighted by molar-refractivity contribution is 0.0683. The van der Waals surface area contributed by atoms with Crippen molar-refractivity contribution in [3.8, 4) is 79.7 Å². The average Bonchev–Trinajstić information content (AvgIpc) is 3.68. The van der Waals surface area contributed by atoms with Gasteiger partial charge in [0.25, 0.3) is 0 Å². The fraction of sp³-hybridized carbons (Fsp3) is 0.265. The minimum absolute atomic E-state index is 0. The van der Waals surface area contributed by atoms with E-state index in [0.717, 1.165) is 97.6 Å². The van der Waals surface area contributed by atoms with Gasteiger partial charge in [0, 0.05) is 34.4 Å². The van der Waals surface area contributed by atoms with E-state index in [-0.39, 0.29) is 62.2 Å². The van der Waals surface area contributed by atoms with Gasteiger partial charge in [0.15, 0.2) is 0 Å². The van der Waals surface area contributed by atoms with Crippen molar-refractivity contribution in [3.05, 3.63) is 203 Å². The Morgan fingerprint density at radius 2 is 0.718 bits per heavy atom. The van der Waals surface area contributed by atoms with Crippen LogP contribution in [0.1, 0.15) is 109 Å². The van der Waals surface area contributed by atoms with Crippen LogP contribution in [0.15, 0.2) is 158 Å². The summed E-state index contributed by atoms with van der Waals surface area (Å²) < 4.78 is 63.0. The number of aromatic carboxylic acids is 2. The quantitative estimate of drug-likeness (QED) is 0.0334. The Labute approximate surface area is 494 Å². The Hall–Kier alpha value is -9.16. The van der Waals surface area contributed by atoms with E-state index in [2.05, 4.69) is 13.8 Å². The maximum Gasteiger partial charge on any atom is 0.339 e. The topological polar surface area (TPSA) is 265 Å². The number of hydrogen-bond acceptors (Lipinski definition) is 10. The SMILES string of the molecule is CCCc1c(OCCCCOc2cc(O)c(-c3ccc(F)cc3)cc2CC)cccc1Oc1ccccc1C(=O)O.CCCc1c(OCCCCOc2cc(O)c(-c3ccc(F)cc3)cc2CC)cccc1Oc1ccccc1C(=O)O.O.O.O. The molecule has 10 N–H and O–H groups in total. The van der Waals surface area contributed by atoms with Crippen molar-refractivity contribution in [1.29, 1.82) is 0 Å². The molecule has 0 spiro atoms. The van der Waals surface area contributed by atoms with E-state index in [9.17, 15) is 38.8 Å². The Bertz CT molecular complexity index is 3160. The molecule has 0 atom stereocenters. The number of aryl methyl sites for hydroxylation is 2. The van der Waals surface area contributed by atoms with Crippen LogP contribution in [0.4, 0.5) is 8.78 Å². The molecule has 0 aromatic heterocycles. The average molecular weight is 1170 g/mol. The summed E-state index contributed by atoms with van der Waals surface area (Å²) in [6, 6.07) is 43.4. The van der Waals surface area contributed by atoms with E-state index in [1.165, 1.54) is 36.4 Å². The summed E-state index contributed by atoms with van der Waals surface area (Å²) in [5.41, 5.74) is 6.69. The van der Waals surface area contributed by atoms with Crippen LogP contribution in [0.2, 0.25) is 0 Å². The fourth-order valence-corrected chi connectivity index (χ4v) is 9.15. The molecule has 0 fully saturated rings. The van der Waals surface area contributed by atoms with Crippen LogP contribution in [-0.2, 0) is 25.7 Å². The van der Waals surface area contributed by atoms with Gasteiger partial charge in [-0.3, -0.25) is 0 Å². The van der Waals surface area contributed by atoms with Crippen molar-refractivity contribution >= 4 is 11.9 Å². The summed E-state index contributed by atoms with van der Waals surface area (Å²) in [5, 5.41) is 40.2. The van der Waals surface area contributed by atoms with Crippen LogP contribution < -0.4 is 28.4 Å². The molecule has 0 bridgehead atoms.